The Bertz CT molecular complexity index is 759. The number of nitrogens with one attached hydrogen (secondary N) is 1. The quantitative estimate of drug-likeness (QED) is 0.913. The lowest BCUT2D eigenvalue weighted by atomic mass is 10.1. The smallest absolute Gasteiger partial charge is 0.216 e. The van der Waals surface area contributed by atoms with Crippen LogP contribution in [0.3, 0.4) is 0 Å². The standard InChI is InChI=1S/C13H17N5O2S2/c1-9(2)22(19,20)18-5-3-11-10(7-18)12(16-8-15-11)17-13-14-4-6-21-13/h4,6,8-9H,3,5,7H2,1-2H3,(H,14,15,16,17). The minimum atomic E-state index is -3.28. The van der Waals surface area contributed by atoms with Crippen molar-refractivity contribution in [2.24, 2.45) is 0 Å². The molecular formula is C13H17N5O2S2. The van der Waals surface area contributed by atoms with Gasteiger partial charge in [0.1, 0.15) is 12.1 Å². The van der Waals surface area contributed by atoms with E-state index in [4.69, 9.17) is 0 Å². The van der Waals surface area contributed by atoms with Crippen molar-refractivity contribution in [1.82, 2.24) is 19.3 Å². The van der Waals surface area contributed by atoms with Crippen molar-refractivity contribution >= 4 is 32.3 Å². The Hall–Kier alpha value is -1.58. The SMILES string of the molecule is CC(C)S(=O)(=O)N1CCc2ncnc(Nc3nccs3)c2C1. The number of anilines is 2. The molecule has 2 aromatic heterocycles. The van der Waals surface area contributed by atoms with E-state index in [1.54, 1.807) is 20.0 Å². The molecule has 1 N–H and O–H groups in total. The van der Waals surface area contributed by atoms with Crippen LogP contribution in [-0.4, -0.2) is 39.5 Å². The largest absolute Gasteiger partial charge is 0.316 e. The average molecular weight is 339 g/mol. The van der Waals surface area contributed by atoms with E-state index >= 15 is 0 Å². The molecule has 0 bridgehead atoms. The molecule has 3 heterocycles. The Morgan fingerprint density at radius 1 is 1.32 bits per heavy atom. The van der Waals surface area contributed by atoms with Crippen molar-refractivity contribution < 1.29 is 8.42 Å². The number of sulfonamides is 1. The first-order valence-corrected chi connectivity index (χ1v) is 9.35. The van der Waals surface area contributed by atoms with Gasteiger partial charge in [-0.15, -0.1) is 11.3 Å². The number of hydrogen-bond acceptors (Lipinski definition) is 7. The summed E-state index contributed by atoms with van der Waals surface area (Å²) in [6.07, 6.45) is 3.80. The molecule has 0 atom stereocenters. The molecule has 9 heteroatoms. The number of thiazole rings is 1. The Morgan fingerprint density at radius 3 is 2.82 bits per heavy atom. The lowest BCUT2D eigenvalue weighted by Crippen LogP contribution is -2.40. The number of nitrogens with zero attached hydrogens (tertiary/aromatic N) is 4. The maximum absolute atomic E-state index is 12.4. The molecule has 0 unspecified atom stereocenters. The van der Waals surface area contributed by atoms with E-state index in [-0.39, 0.29) is 0 Å². The van der Waals surface area contributed by atoms with E-state index in [1.165, 1.54) is 22.0 Å². The maximum Gasteiger partial charge on any atom is 0.216 e. The Kier molecular flexibility index (Phi) is 4.11. The van der Waals surface area contributed by atoms with Gasteiger partial charge in [-0.05, 0) is 13.8 Å². The fourth-order valence-electron chi connectivity index (χ4n) is 2.33. The third-order valence-electron chi connectivity index (χ3n) is 3.58. The summed E-state index contributed by atoms with van der Waals surface area (Å²) < 4.78 is 26.3. The molecule has 0 aliphatic carbocycles. The summed E-state index contributed by atoms with van der Waals surface area (Å²) in [6, 6.07) is 0. The van der Waals surface area contributed by atoms with Gasteiger partial charge in [0.25, 0.3) is 0 Å². The zero-order valence-electron chi connectivity index (χ0n) is 12.4. The average Bonchev–Trinajstić information content (AvgIpc) is 3.00. The zero-order chi connectivity index (χ0) is 15.7. The summed E-state index contributed by atoms with van der Waals surface area (Å²) in [4.78, 5) is 12.7. The van der Waals surface area contributed by atoms with Crippen molar-refractivity contribution in [2.75, 3.05) is 11.9 Å². The van der Waals surface area contributed by atoms with Gasteiger partial charge in [0, 0.05) is 36.7 Å². The van der Waals surface area contributed by atoms with Crippen molar-refractivity contribution in [3.63, 3.8) is 0 Å². The molecular weight excluding hydrogens is 322 g/mol. The van der Waals surface area contributed by atoms with Crippen LogP contribution in [0.5, 0.6) is 0 Å². The molecule has 3 rings (SSSR count). The van der Waals surface area contributed by atoms with E-state index < -0.39 is 15.3 Å². The second-order valence-corrected chi connectivity index (χ2v) is 8.67. The number of fused-ring (bicyclic) bond motifs is 1. The fourth-order valence-corrected chi connectivity index (χ4v) is 4.10. The number of aromatic nitrogens is 3. The van der Waals surface area contributed by atoms with E-state index in [2.05, 4.69) is 20.3 Å². The minimum Gasteiger partial charge on any atom is -0.316 e. The van der Waals surface area contributed by atoms with Crippen LogP contribution < -0.4 is 5.32 Å². The second-order valence-electron chi connectivity index (χ2n) is 5.29. The molecule has 0 aromatic carbocycles. The van der Waals surface area contributed by atoms with E-state index in [9.17, 15) is 8.42 Å². The molecule has 0 amide bonds. The lowest BCUT2D eigenvalue weighted by molar-refractivity contribution is 0.383. The molecule has 118 valence electrons. The summed E-state index contributed by atoms with van der Waals surface area (Å²) in [7, 11) is -3.28. The van der Waals surface area contributed by atoms with Crippen molar-refractivity contribution in [3.05, 3.63) is 29.2 Å². The number of rotatable bonds is 4. The first-order chi connectivity index (χ1) is 10.5. The molecule has 0 saturated heterocycles. The molecule has 22 heavy (non-hydrogen) atoms. The van der Waals surface area contributed by atoms with E-state index in [1.807, 2.05) is 5.38 Å². The molecule has 2 aromatic rings. The first kappa shape index (κ1) is 15.3. The van der Waals surface area contributed by atoms with Gasteiger partial charge in [-0.25, -0.2) is 23.4 Å². The summed E-state index contributed by atoms with van der Waals surface area (Å²) in [5.41, 5.74) is 1.72. The molecule has 0 saturated carbocycles. The molecule has 1 aliphatic heterocycles. The highest BCUT2D eigenvalue weighted by molar-refractivity contribution is 7.89. The van der Waals surface area contributed by atoms with Gasteiger partial charge in [0.2, 0.25) is 10.0 Å². The van der Waals surface area contributed by atoms with Crippen LogP contribution in [0.1, 0.15) is 25.1 Å². The van der Waals surface area contributed by atoms with Gasteiger partial charge in [0.05, 0.1) is 10.9 Å². The van der Waals surface area contributed by atoms with E-state index in [0.29, 0.717) is 25.3 Å². The van der Waals surface area contributed by atoms with Crippen LogP contribution >= 0.6 is 11.3 Å². The van der Waals surface area contributed by atoms with Gasteiger partial charge < -0.3 is 5.32 Å². The van der Waals surface area contributed by atoms with Crippen molar-refractivity contribution in [1.29, 1.82) is 0 Å². The zero-order valence-corrected chi connectivity index (χ0v) is 14.0. The van der Waals surface area contributed by atoms with Gasteiger partial charge in [-0.1, -0.05) is 0 Å². The minimum absolute atomic E-state index is 0.296. The highest BCUT2D eigenvalue weighted by Gasteiger charge is 2.31. The lowest BCUT2D eigenvalue weighted by Gasteiger charge is -2.29. The first-order valence-electron chi connectivity index (χ1n) is 6.96. The topological polar surface area (TPSA) is 88.1 Å². The second kappa shape index (κ2) is 5.90. The summed E-state index contributed by atoms with van der Waals surface area (Å²) in [6.45, 7) is 4.15. The van der Waals surface area contributed by atoms with Crippen LogP contribution in [0.15, 0.2) is 17.9 Å². The highest BCUT2D eigenvalue weighted by Crippen LogP contribution is 2.28. The Morgan fingerprint density at radius 2 is 2.14 bits per heavy atom. The molecule has 0 spiro atoms. The van der Waals surface area contributed by atoms with Crippen LogP contribution in [0.2, 0.25) is 0 Å². The van der Waals surface area contributed by atoms with Gasteiger partial charge >= 0.3 is 0 Å². The maximum atomic E-state index is 12.4. The molecule has 0 radical (unpaired) electrons. The monoisotopic (exact) mass is 339 g/mol. The van der Waals surface area contributed by atoms with Crippen LogP contribution in [0.4, 0.5) is 10.9 Å². The molecule has 0 fully saturated rings. The van der Waals surface area contributed by atoms with Gasteiger partial charge in [0.15, 0.2) is 5.13 Å². The number of hydrogen-bond donors (Lipinski definition) is 1. The molecule has 7 nitrogen and oxygen atoms in total. The Labute approximate surface area is 133 Å². The fraction of sp³-hybridized carbons (Fsp3) is 0.462. The summed E-state index contributed by atoms with van der Waals surface area (Å²) in [5.74, 6) is 0.628. The highest BCUT2D eigenvalue weighted by atomic mass is 32.2. The normalized spacial score (nSPS) is 15.8. The van der Waals surface area contributed by atoms with Crippen molar-refractivity contribution in [3.8, 4) is 0 Å². The van der Waals surface area contributed by atoms with Gasteiger partial charge in [-0.3, -0.25) is 0 Å². The third kappa shape index (κ3) is 2.83. The molecule has 1 aliphatic rings. The predicted octanol–water partition coefficient (Wildman–Crippen LogP) is 1.77. The summed E-state index contributed by atoms with van der Waals surface area (Å²) in [5, 5.41) is 5.31. The Balaban J connectivity index is 1.92. The van der Waals surface area contributed by atoms with Gasteiger partial charge in [-0.2, -0.15) is 4.31 Å². The third-order valence-corrected chi connectivity index (χ3v) is 6.49. The van der Waals surface area contributed by atoms with E-state index in [0.717, 1.165) is 16.4 Å². The predicted molar refractivity (Wildman–Crippen MR) is 85.6 cm³/mol. The summed E-state index contributed by atoms with van der Waals surface area (Å²) >= 11 is 1.47. The van der Waals surface area contributed by atoms with Crippen LogP contribution in [-0.2, 0) is 23.0 Å². The van der Waals surface area contributed by atoms with Crippen LogP contribution in [0, 0.1) is 0 Å². The van der Waals surface area contributed by atoms with Crippen LogP contribution in [0.25, 0.3) is 0 Å². The van der Waals surface area contributed by atoms with Crippen molar-refractivity contribution in [2.45, 2.75) is 32.1 Å².